The first-order valence-electron chi connectivity index (χ1n) is 7.45. The minimum atomic E-state index is 0.554. The van der Waals surface area contributed by atoms with E-state index in [0.717, 1.165) is 30.4 Å². The smallest absolute Gasteiger partial charge is 0.138 e. The Labute approximate surface area is 115 Å². The van der Waals surface area contributed by atoms with Crippen LogP contribution in [0.15, 0.2) is 22.6 Å². The summed E-state index contributed by atoms with van der Waals surface area (Å²) in [7, 11) is 0. The van der Waals surface area contributed by atoms with E-state index in [4.69, 9.17) is 4.42 Å². The molecule has 2 heteroatoms. The Morgan fingerprint density at radius 3 is 2.84 bits per heavy atom. The lowest BCUT2D eigenvalue weighted by Gasteiger charge is -2.08. The summed E-state index contributed by atoms with van der Waals surface area (Å²) in [6.45, 7) is 7.55. The molecule has 2 nitrogen and oxygen atoms in total. The quantitative estimate of drug-likeness (QED) is 0.852. The Morgan fingerprint density at radius 2 is 2.16 bits per heavy atom. The van der Waals surface area contributed by atoms with Crippen LogP contribution in [-0.2, 0) is 6.54 Å². The molecule has 19 heavy (non-hydrogen) atoms. The second kappa shape index (κ2) is 5.01. The molecular formula is C17H23NO. The zero-order valence-corrected chi connectivity index (χ0v) is 12.1. The molecule has 0 amide bonds. The van der Waals surface area contributed by atoms with Crippen LogP contribution < -0.4 is 5.32 Å². The molecule has 1 unspecified atom stereocenters. The number of hydrogen-bond acceptors (Lipinski definition) is 2. The second-order valence-electron chi connectivity index (χ2n) is 5.84. The predicted octanol–water partition coefficient (Wildman–Crippen LogP) is 4.51. The van der Waals surface area contributed by atoms with Crippen LogP contribution >= 0.6 is 0 Å². The molecule has 1 aromatic carbocycles. The van der Waals surface area contributed by atoms with Gasteiger partial charge in [0.1, 0.15) is 11.3 Å². The van der Waals surface area contributed by atoms with E-state index < -0.39 is 0 Å². The van der Waals surface area contributed by atoms with E-state index in [1.165, 1.54) is 29.4 Å². The largest absolute Gasteiger partial charge is 0.459 e. The highest BCUT2D eigenvalue weighted by atomic mass is 16.3. The summed E-state index contributed by atoms with van der Waals surface area (Å²) in [6, 6.07) is 7.27. The molecule has 1 aliphatic carbocycles. The van der Waals surface area contributed by atoms with Crippen LogP contribution in [0.1, 0.15) is 55.9 Å². The van der Waals surface area contributed by atoms with Crippen molar-refractivity contribution >= 4 is 11.0 Å². The lowest BCUT2D eigenvalue weighted by Crippen LogP contribution is -2.15. The van der Waals surface area contributed by atoms with Gasteiger partial charge in [-0.05, 0) is 43.2 Å². The van der Waals surface area contributed by atoms with Gasteiger partial charge in [0.25, 0.3) is 0 Å². The second-order valence-corrected chi connectivity index (χ2v) is 5.84. The summed E-state index contributed by atoms with van der Waals surface area (Å²) >= 11 is 0. The summed E-state index contributed by atoms with van der Waals surface area (Å²) in [4.78, 5) is 0. The van der Waals surface area contributed by atoms with Gasteiger partial charge in [-0.2, -0.15) is 0 Å². The van der Waals surface area contributed by atoms with Gasteiger partial charge in [0.15, 0.2) is 0 Å². The van der Waals surface area contributed by atoms with E-state index in [-0.39, 0.29) is 0 Å². The first-order valence-corrected chi connectivity index (χ1v) is 7.45. The SMILES string of the molecule is CCC(C)c1cccc2c(C)c(CNC3CC3)oc12. The molecule has 1 aliphatic rings. The normalized spacial score (nSPS) is 17.0. The molecular weight excluding hydrogens is 234 g/mol. The van der Waals surface area contributed by atoms with Crippen molar-refractivity contribution in [3.63, 3.8) is 0 Å². The third kappa shape index (κ3) is 2.42. The molecule has 2 aromatic rings. The van der Waals surface area contributed by atoms with Gasteiger partial charge in [-0.1, -0.05) is 32.0 Å². The minimum absolute atomic E-state index is 0.554. The maximum absolute atomic E-state index is 6.17. The van der Waals surface area contributed by atoms with Gasteiger partial charge in [0, 0.05) is 11.4 Å². The minimum Gasteiger partial charge on any atom is -0.459 e. The summed E-state index contributed by atoms with van der Waals surface area (Å²) in [5.74, 6) is 1.66. The van der Waals surface area contributed by atoms with Gasteiger partial charge in [0.05, 0.1) is 6.54 Å². The number of para-hydroxylation sites is 1. The van der Waals surface area contributed by atoms with Crippen LogP contribution in [-0.4, -0.2) is 6.04 Å². The number of rotatable bonds is 5. The molecule has 0 bridgehead atoms. The summed E-state index contributed by atoms with van der Waals surface area (Å²) in [5, 5.41) is 4.83. The molecule has 1 N–H and O–H groups in total. The van der Waals surface area contributed by atoms with E-state index in [1.807, 2.05) is 0 Å². The van der Waals surface area contributed by atoms with Crippen molar-refractivity contribution in [3.05, 3.63) is 35.1 Å². The molecule has 0 radical (unpaired) electrons. The van der Waals surface area contributed by atoms with Crippen LogP contribution in [0.25, 0.3) is 11.0 Å². The van der Waals surface area contributed by atoms with Crippen LogP contribution in [0.2, 0.25) is 0 Å². The van der Waals surface area contributed by atoms with E-state index >= 15 is 0 Å². The maximum atomic E-state index is 6.17. The van der Waals surface area contributed by atoms with Crippen molar-refractivity contribution in [2.24, 2.45) is 0 Å². The Kier molecular flexibility index (Phi) is 3.36. The number of fused-ring (bicyclic) bond motifs is 1. The van der Waals surface area contributed by atoms with Crippen molar-refractivity contribution in [2.45, 2.75) is 58.5 Å². The van der Waals surface area contributed by atoms with Crippen LogP contribution in [0.4, 0.5) is 0 Å². The van der Waals surface area contributed by atoms with E-state index in [1.54, 1.807) is 0 Å². The monoisotopic (exact) mass is 257 g/mol. The van der Waals surface area contributed by atoms with Crippen LogP contribution in [0, 0.1) is 6.92 Å². The van der Waals surface area contributed by atoms with E-state index in [9.17, 15) is 0 Å². The number of hydrogen-bond donors (Lipinski definition) is 1. The van der Waals surface area contributed by atoms with E-state index in [0.29, 0.717) is 5.92 Å². The van der Waals surface area contributed by atoms with Gasteiger partial charge in [-0.25, -0.2) is 0 Å². The number of furan rings is 1. The van der Waals surface area contributed by atoms with Gasteiger partial charge < -0.3 is 9.73 Å². The molecule has 1 heterocycles. The summed E-state index contributed by atoms with van der Waals surface area (Å²) in [5.41, 5.74) is 3.75. The lowest BCUT2D eigenvalue weighted by molar-refractivity contribution is 0.504. The Hall–Kier alpha value is -1.28. The first-order chi connectivity index (χ1) is 9.20. The molecule has 102 valence electrons. The third-order valence-electron chi connectivity index (χ3n) is 4.36. The Balaban J connectivity index is 1.98. The van der Waals surface area contributed by atoms with Gasteiger partial charge in [-0.3, -0.25) is 0 Å². The number of benzene rings is 1. The van der Waals surface area contributed by atoms with Crippen molar-refractivity contribution in [1.82, 2.24) is 5.32 Å². The van der Waals surface area contributed by atoms with Crippen molar-refractivity contribution in [3.8, 4) is 0 Å². The fourth-order valence-electron chi connectivity index (χ4n) is 2.62. The van der Waals surface area contributed by atoms with Gasteiger partial charge in [-0.15, -0.1) is 0 Å². The lowest BCUT2D eigenvalue weighted by atomic mass is 9.96. The molecule has 0 aliphatic heterocycles. The summed E-state index contributed by atoms with van der Waals surface area (Å²) in [6.07, 6.45) is 3.78. The molecule has 0 spiro atoms. The van der Waals surface area contributed by atoms with E-state index in [2.05, 4.69) is 44.3 Å². The Bertz CT molecular complexity index is 580. The van der Waals surface area contributed by atoms with Crippen LogP contribution in [0.5, 0.6) is 0 Å². The highest BCUT2D eigenvalue weighted by Crippen LogP contribution is 2.33. The molecule has 1 saturated carbocycles. The molecule has 1 aromatic heterocycles. The fraction of sp³-hybridized carbons (Fsp3) is 0.529. The summed E-state index contributed by atoms with van der Waals surface area (Å²) < 4.78 is 6.17. The standard InChI is InChI=1S/C17H23NO/c1-4-11(2)14-6-5-7-15-12(3)16(19-17(14)15)10-18-13-8-9-13/h5-7,11,13,18H,4,8-10H2,1-3H3. The Morgan fingerprint density at radius 1 is 1.37 bits per heavy atom. The predicted molar refractivity (Wildman–Crippen MR) is 79.5 cm³/mol. The number of aryl methyl sites for hydroxylation is 1. The molecule has 1 fully saturated rings. The van der Waals surface area contributed by atoms with Crippen molar-refractivity contribution in [2.75, 3.05) is 0 Å². The maximum Gasteiger partial charge on any atom is 0.138 e. The molecule has 1 atom stereocenters. The van der Waals surface area contributed by atoms with Crippen molar-refractivity contribution < 1.29 is 4.42 Å². The average molecular weight is 257 g/mol. The first kappa shape index (κ1) is 12.7. The van der Waals surface area contributed by atoms with Crippen LogP contribution in [0.3, 0.4) is 0 Å². The molecule has 0 saturated heterocycles. The zero-order chi connectivity index (χ0) is 13.4. The zero-order valence-electron chi connectivity index (χ0n) is 12.1. The average Bonchev–Trinajstić information content (AvgIpc) is 3.20. The molecule has 3 rings (SSSR count). The van der Waals surface area contributed by atoms with Gasteiger partial charge in [0.2, 0.25) is 0 Å². The fourth-order valence-corrected chi connectivity index (χ4v) is 2.62. The van der Waals surface area contributed by atoms with Gasteiger partial charge >= 0.3 is 0 Å². The third-order valence-corrected chi connectivity index (χ3v) is 4.36. The highest BCUT2D eigenvalue weighted by Gasteiger charge is 2.22. The topological polar surface area (TPSA) is 25.2 Å². The highest BCUT2D eigenvalue weighted by molar-refractivity contribution is 5.85. The van der Waals surface area contributed by atoms with Crippen molar-refractivity contribution in [1.29, 1.82) is 0 Å². The number of nitrogens with one attached hydrogen (secondary N) is 1.